The third-order valence-electron chi connectivity index (χ3n) is 4.56. The van der Waals surface area contributed by atoms with Crippen LogP contribution in [-0.2, 0) is 14.6 Å². The highest BCUT2D eigenvalue weighted by atomic mass is 32.2. The van der Waals surface area contributed by atoms with Crippen LogP contribution in [0.3, 0.4) is 0 Å². The van der Waals surface area contributed by atoms with Crippen molar-refractivity contribution >= 4 is 27.5 Å². The number of hydrogen-bond acceptors (Lipinski definition) is 6. The van der Waals surface area contributed by atoms with Crippen LogP contribution < -0.4 is 0 Å². The van der Waals surface area contributed by atoms with Gasteiger partial charge in [-0.25, -0.2) is 8.42 Å². The number of aryl methyl sites for hydroxylation is 2. The molecule has 0 aliphatic carbocycles. The molecule has 0 radical (unpaired) electrons. The number of carbonyl (C=O) groups excluding carboxylic acids is 1. The van der Waals surface area contributed by atoms with Crippen molar-refractivity contribution in [3.63, 3.8) is 0 Å². The molecule has 1 amide bonds. The van der Waals surface area contributed by atoms with E-state index in [0.29, 0.717) is 11.6 Å². The molecule has 26 heavy (non-hydrogen) atoms. The van der Waals surface area contributed by atoms with Gasteiger partial charge in [-0.3, -0.25) is 9.36 Å². The van der Waals surface area contributed by atoms with Crippen LogP contribution in [0.25, 0.3) is 5.69 Å². The molecule has 7 nitrogen and oxygen atoms in total. The minimum absolute atomic E-state index is 0.0541. The fraction of sp³-hybridized carbons (Fsp3) is 0.471. The summed E-state index contributed by atoms with van der Waals surface area (Å²) in [5, 5.41) is 8.94. The minimum atomic E-state index is -3.01. The maximum absolute atomic E-state index is 12.5. The third kappa shape index (κ3) is 4.09. The van der Waals surface area contributed by atoms with Crippen LogP contribution in [0.5, 0.6) is 0 Å². The first-order chi connectivity index (χ1) is 12.3. The minimum Gasteiger partial charge on any atom is -0.341 e. The Morgan fingerprint density at radius 3 is 2.58 bits per heavy atom. The van der Waals surface area contributed by atoms with E-state index in [4.69, 9.17) is 0 Å². The normalized spacial score (nSPS) is 18.8. The Kier molecular flexibility index (Phi) is 5.38. The molecule has 1 aliphatic heterocycles. The van der Waals surface area contributed by atoms with Crippen molar-refractivity contribution < 1.29 is 13.2 Å². The second-order valence-corrected chi connectivity index (χ2v) is 9.72. The van der Waals surface area contributed by atoms with Crippen molar-refractivity contribution in [3.8, 4) is 5.69 Å². The Morgan fingerprint density at radius 2 is 1.96 bits per heavy atom. The summed E-state index contributed by atoms with van der Waals surface area (Å²) >= 11 is 1.31. The number of amides is 1. The zero-order chi connectivity index (χ0) is 18.9. The van der Waals surface area contributed by atoms with Gasteiger partial charge in [-0.2, -0.15) is 0 Å². The summed E-state index contributed by atoms with van der Waals surface area (Å²) in [5.74, 6) is 1.05. The van der Waals surface area contributed by atoms with Gasteiger partial charge in [0.25, 0.3) is 0 Å². The van der Waals surface area contributed by atoms with Crippen LogP contribution in [-0.4, -0.2) is 64.3 Å². The summed E-state index contributed by atoms with van der Waals surface area (Å²) in [6.07, 6.45) is 0.508. The molecule has 9 heteroatoms. The quantitative estimate of drug-likeness (QED) is 0.717. The molecule has 1 saturated heterocycles. The van der Waals surface area contributed by atoms with Crippen molar-refractivity contribution in [2.24, 2.45) is 0 Å². The largest absolute Gasteiger partial charge is 0.341 e. The molecule has 2 aromatic rings. The van der Waals surface area contributed by atoms with E-state index in [-0.39, 0.29) is 29.2 Å². The van der Waals surface area contributed by atoms with Gasteiger partial charge in [-0.1, -0.05) is 29.5 Å². The standard InChI is InChI=1S/C17H22N4O3S2/c1-12-4-6-14(7-5-12)21-13(2)18-19-17(21)25-10-16(22)20(3)15-8-9-26(23,24)11-15/h4-7,15H,8-11H2,1-3H3. The summed E-state index contributed by atoms with van der Waals surface area (Å²) in [6.45, 7) is 3.89. The Balaban J connectivity index is 1.68. The molecule has 0 saturated carbocycles. The Labute approximate surface area is 157 Å². The van der Waals surface area contributed by atoms with E-state index >= 15 is 0 Å². The number of sulfone groups is 1. The molecule has 0 spiro atoms. The molecule has 1 aromatic heterocycles. The topological polar surface area (TPSA) is 85.2 Å². The summed E-state index contributed by atoms with van der Waals surface area (Å²) < 4.78 is 25.1. The molecule has 1 aliphatic rings. The van der Waals surface area contributed by atoms with Gasteiger partial charge in [0.15, 0.2) is 15.0 Å². The molecule has 2 heterocycles. The Hall–Kier alpha value is -1.87. The first-order valence-electron chi connectivity index (χ1n) is 8.35. The zero-order valence-corrected chi connectivity index (χ0v) is 16.7. The number of carbonyl (C=O) groups is 1. The molecular weight excluding hydrogens is 372 g/mol. The SMILES string of the molecule is Cc1ccc(-n2c(C)nnc2SCC(=O)N(C)C2CCS(=O)(=O)C2)cc1. The number of aromatic nitrogens is 3. The van der Waals surface area contributed by atoms with Crippen LogP contribution >= 0.6 is 11.8 Å². The predicted octanol–water partition coefficient (Wildman–Crippen LogP) is 1.62. The molecule has 0 N–H and O–H groups in total. The van der Waals surface area contributed by atoms with E-state index in [9.17, 15) is 13.2 Å². The molecular formula is C17H22N4O3S2. The molecule has 0 bridgehead atoms. The maximum atomic E-state index is 12.5. The van der Waals surface area contributed by atoms with Crippen molar-refractivity contribution in [2.45, 2.75) is 31.5 Å². The lowest BCUT2D eigenvalue weighted by molar-refractivity contribution is -0.128. The summed E-state index contributed by atoms with van der Waals surface area (Å²) in [5.41, 5.74) is 2.11. The van der Waals surface area contributed by atoms with Crippen LogP contribution in [0.1, 0.15) is 17.8 Å². The summed E-state index contributed by atoms with van der Waals surface area (Å²) in [4.78, 5) is 14.0. The number of rotatable bonds is 5. The van der Waals surface area contributed by atoms with Crippen LogP contribution in [0.2, 0.25) is 0 Å². The van der Waals surface area contributed by atoms with Gasteiger partial charge in [0.1, 0.15) is 5.82 Å². The van der Waals surface area contributed by atoms with Gasteiger partial charge in [0.05, 0.1) is 17.3 Å². The Morgan fingerprint density at radius 1 is 1.27 bits per heavy atom. The van der Waals surface area contributed by atoms with E-state index in [0.717, 1.165) is 17.1 Å². The summed E-state index contributed by atoms with van der Waals surface area (Å²) in [7, 11) is -1.34. The zero-order valence-electron chi connectivity index (χ0n) is 15.0. The molecule has 1 atom stereocenters. The first-order valence-corrected chi connectivity index (χ1v) is 11.2. The molecule has 3 rings (SSSR count). The van der Waals surface area contributed by atoms with E-state index in [1.165, 1.54) is 11.8 Å². The average Bonchev–Trinajstić information content (AvgIpc) is 3.15. The fourth-order valence-corrected chi connectivity index (χ4v) is 5.64. The number of benzene rings is 1. The van der Waals surface area contributed by atoms with E-state index in [1.807, 2.05) is 42.7 Å². The summed E-state index contributed by atoms with van der Waals surface area (Å²) in [6, 6.07) is 7.79. The van der Waals surface area contributed by atoms with Gasteiger partial charge in [0, 0.05) is 18.8 Å². The third-order valence-corrected chi connectivity index (χ3v) is 7.23. The highest BCUT2D eigenvalue weighted by Crippen LogP contribution is 2.23. The average molecular weight is 395 g/mol. The molecule has 140 valence electrons. The van der Waals surface area contributed by atoms with Gasteiger partial charge in [0.2, 0.25) is 5.91 Å². The lowest BCUT2D eigenvalue weighted by Crippen LogP contribution is -2.38. The van der Waals surface area contributed by atoms with Gasteiger partial charge < -0.3 is 4.90 Å². The maximum Gasteiger partial charge on any atom is 0.233 e. The lowest BCUT2D eigenvalue weighted by Gasteiger charge is -2.23. The van der Waals surface area contributed by atoms with E-state index < -0.39 is 9.84 Å². The highest BCUT2D eigenvalue weighted by Gasteiger charge is 2.32. The van der Waals surface area contributed by atoms with Crippen molar-refractivity contribution in [2.75, 3.05) is 24.3 Å². The van der Waals surface area contributed by atoms with Crippen molar-refractivity contribution in [1.29, 1.82) is 0 Å². The van der Waals surface area contributed by atoms with Gasteiger partial charge in [-0.15, -0.1) is 10.2 Å². The first kappa shape index (κ1) is 18.9. The second-order valence-electron chi connectivity index (χ2n) is 6.55. The monoisotopic (exact) mass is 394 g/mol. The van der Waals surface area contributed by atoms with E-state index in [1.54, 1.807) is 11.9 Å². The van der Waals surface area contributed by atoms with Crippen molar-refractivity contribution in [3.05, 3.63) is 35.7 Å². The number of nitrogens with zero attached hydrogens (tertiary/aromatic N) is 4. The van der Waals surface area contributed by atoms with Gasteiger partial charge >= 0.3 is 0 Å². The lowest BCUT2D eigenvalue weighted by atomic mass is 10.2. The van der Waals surface area contributed by atoms with Crippen LogP contribution in [0.4, 0.5) is 0 Å². The number of thioether (sulfide) groups is 1. The fourth-order valence-electron chi connectivity index (χ4n) is 2.94. The smallest absolute Gasteiger partial charge is 0.233 e. The highest BCUT2D eigenvalue weighted by molar-refractivity contribution is 7.99. The van der Waals surface area contributed by atoms with Crippen LogP contribution in [0.15, 0.2) is 29.4 Å². The van der Waals surface area contributed by atoms with Crippen LogP contribution in [0, 0.1) is 13.8 Å². The van der Waals surface area contributed by atoms with Gasteiger partial charge in [-0.05, 0) is 32.4 Å². The molecule has 1 fully saturated rings. The molecule has 1 aromatic carbocycles. The Bertz CT molecular complexity index is 907. The number of hydrogen-bond donors (Lipinski definition) is 0. The van der Waals surface area contributed by atoms with Crippen molar-refractivity contribution in [1.82, 2.24) is 19.7 Å². The predicted molar refractivity (Wildman–Crippen MR) is 101 cm³/mol. The molecule has 1 unspecified atom stereocenters. The van der Waals surface area contributed by atoms with E-state index in [2.05, 4.69) is 10.2 Å². The second kappa shape index (κ2) is 7.40.